The number of aliphatic imine (C=N–C) groups is 2. The second-order valence-corrected chi connectivity index (χ2v) is 8.48. The van der Waals surface area contributed by atoms with Crippen molar-refractivity contribution in [3.63, 3.8) is 0 Å². The van der Waals surface area contributed by atoms with Gasteiger partial charge in [0.1, 0.15) is 5.04 Å². The first kappa shape index (κ1) is 22.8. The van der Waals surface area contributed by atoms with E-state index in [1.807, 2.05) is 55.5 Å². The third-order valence-corrected chi connectivity index (χ3v) is 6.32. The molecule has 1 N–H and O–H groups in total. The van der Waals surface area contributed by atoms with Gasteiger partial charge < -0.3 is 4.74 Å². The number of thioether (sulfide) groups is 1. The number of aromatic amines is 1. The Labute approximate surface area is 197 Å². The van der Waals surface area contributed by atoms with Crippen LogP contribution in [-0.4, -0.2) is 55.9 Å². The Morgan fingerprint density at radius 2 is 1.91 bits per heavy atom. The van der Waals surface area contributed by atoms with Crippen LogP contribution in [0, 0.1) is 0 Å². The number of H-pyrrole nitrogens is 1. The fourth-order valence-corrected chi connectivity index (χ4v) is 4.62. The molecule has 3 aromatic rings. The number of rotatable bonds is 9. The predicted octanol–water partition coefficient (Wildman–Crippen LogP) is 4.35. The average Bonchev–Trinajstić information content (AvgIpc) is 3.51. The number of nitrogens with one attached hydrogen (secondary N) is 1. The quantitative estimate of drug-likeness (QED) is 0.374. The van der Waals surface area contributed by atoms with Crippen LogP contribution >= 0.6 is 11.8 Å². The monoisotopic (exact) mass is 462 g/mol. The topological polar surface area (TPSA) is 105 Å². The highest BCUT2D eigenvalue weighted by atomic mass is 32.2. The minimum Gasteiger partial charge on any atom is -0.464 e. The smallest absolute Gasteiger partial charge is 0.341 e. The van der Waals surface area contributed by atoms with Gasteiger partial charge >= 0.3 is 5.97 Å². The predicted molar refractivity (Wildman–Crippen MR) is 131 cm³/mol. The molecule has 9 heteroatoms. The molecule has 8 nitrogen and oxygen atoms in total. The van der Waals surface area contributed by atoms with Crippen molar-refractivity contribution in [2.45, 2.75) is 38.6 Å². The fraction of sp³-hybridized carbons (Fsp3) is 0.333. The molecule has 33 heavy (non-hydrogen) atoms. The van der Waals surface area contributed by atoms with Gasteiger partial charge in [-0.25, -0.2) is 9.89 Å². The summed E-state index contributed by atoms with van der Waals surface area (Å²) in [5.41, 5.74) is 4.53. The molecule has 0 aliphatic carbocycles. The van der Waals surface area contributed by atoms with Crippen molar-refractivity contribution in [1.82, 2.24) is 20.6 Å². The molecule has 1 atom stereocenters. The molecule has 1 aliphatic rings. The number of tetrazole rings is 1. The molecule has 0 fully saturated rings. The molecule has 4 rings (SSSR count). The molecule has 0 radical (unpaired) electrons. The second kappa shape index (κ2) is 10.5. The zero-order chi connectivity index (χ0) is 23.1. The third-order valence-electron chi connectivity index (χ3n) is 5.42. The van der Waals surface area contributed by atoms with Crippen molar-refractivity contribution >= 4 is 28.3 Å². The molecule has 2 heterocycles. The molecule has 1 aliphatic heterocycles. The number of hydrogen-bond donors (Lipinski definition) is 1. The first-order valence-corrected chi connectivity index (χ1v) is 11.9. The molecule has 0 saturated carbocycles. The Kier molecular flexibility index (Phi) is 7.29. The number of aromatic nitrogens is 4. The summed E-state index contributed by atoms with van der Waals surface area (Å²) in [5, 5.41) is 15.0. The molecule has 0 amide bonds. The van der Waals surface area contributed by atoms with E-state index in [0.29, 0.717) is 30.4 Å². The van der Waals surface area contributed by atoms with E-state index in [9.17, 15) is 4.79 Å². The lowest BCUT2D eigenvalue weighted by Gasteiger charge is -2.24. The summed E-state index contributed by atoms with van der Waals surface area (Å²) in [6, 6.07) is 16.1. The Bertz CT molecular complexity index is 1140. The van der Waals surface area contributed by atoms with Crippen LogP contribution in [0.4, 0.5) is 0 Å². The highest BCUT2D eigenvalue weighted by Gasteiger charge is 2.47. The number of ether oxygens (including phenoxy) is 1. The summed E-state index contributed by atoms with van der Waals surface area (Å²) < 4.78 is 5.42. The second-order valence-electron chi connectivity index (χ2n) is 7.64. The minimum absolute atomic E-state index is 0.301. The third kappa shape index (κ3) is 4.88. The van der Waals surface area contributed by atoms with Crippen molar-refractivity contribution in [3.05, 3.63) is 54.1 Å². The van der Waals surface area contributed by atoms with Crippen molar-refractivity contribution in [3.8, 4) is 22.5 Å². The lowest BCUT2D eigenvalue weighted by Crippen LogP contribution is -2.45. The number of esters is 1. The zero-order valence-electron chi connectivity index (χ0n) is 18.7. The number of unbranched alkanes of at least 4 members (excludes halogenated alkanes) is 1. The lowest BCUT2D eigenvalue weighted by atomic mass is 9.90. The van der Waals surface area contributed by atoms with Crippen molar-refractivity contribution in [2.75, 3.05) is 13.2 Å². The number of nitrogens with zero attached hydrogens (tertiary/aromatic N) is 5. The van der Waals surface area contributed by atoms with E-state index >= 15 is 0 Å². The highest BCUT2D eigenvalue weighted by Crippen LogP contribution is 2.34. The van der Waals surface area contributed by atoms with Crippen LogP contribution in [0.3, 0.4) is 0 Å². The Morgan fingerprint density at radius 3 is 2.61 bits per heavy atom. The lowest BCUT2D eigenvalue weighted by molar-refractivity contribution is -0.146. The number of hydrogen-bond acceptors (Lipinski definition) is 8. The van der Waals surface area contributed by atoms with Crippen LogP contribution in [0.2, 0.25) is 0 Å². The van der Waals surface area contributed by atoms with E-state index in [2.05, 4.69) is 32.5 Å². The first-order chi connectivity index (χ1) is 16.2. The average molecular weight is 463 g/mol. The van der Waals surface area contributed by atoms with Gasteiger partial charge in [-0.2, -0.15) is 0 Å². The van der Waals surface area contributed by atoms with Gasteiger partial charge in [0.25, 0.3) is 0 Å². The van der Waals surface area contributed by atoms with Crippen LogP contribution in [0.5, 0.6) is 0 Å². The van der Waals surface area contributed by atoms with Crippen molar-refractivity contribution in [1.29, 1.82) is 0 Å². The summed E-state index contributed by atoms with van der Waals surface area (Å²) in [6.07, 6.45) is 2.41. The van der Waals surface area contributed by atoms with E-state index in [4.69, 9.17) is 9.73 Å². The van der Waals surface area contributed by atoms with Crippen molar-refractivity contribution in [2.24, 2.45) is 9.98 Å². The maximum Gasteiger partial charge on any atom is 0.341 e. The van der Waals surface area contributed by atoms with Gasteiger partial charge in [0.05, 0.1) is 12.2 Å². The fourth-order valence-electron chi connectivity index (χ4n) is 3.72. The molecular formula is C24H26N6O2S. The Hall–Kier alpha value is -3.33. The van der Waals surface area contributed by atoms with E-state index in [1.165, 1.54) is 11.8 Å². The zero-order valence-corrected chi connectivity index (χ0v) is 19.5. The molecular weight excluding hydrogens is 436 g/mol. The Morgan fingerprint density at radius 1 is 1.12 bits per heavy atom. The maximum absolute atomic E-state index is 13.0. The van der Waals surface area contributed by atoms with E-state index in [-0.39, 0.29) is 5.97 Å². The first-order valence-electron chi connectivity index (χ1n) is 11.0. The standard InChI is InChI=1S/C24H26N6O2S/c1-3-5-14-25-22-24(26-16-33-22,23(31)32-4-2)15-17-10-12-18(13-11-17)19-8-6-7-9-20(19)21-27-29-30-28-21/h6-13,16H,3-5,14-15H2,1-2H3,(H,27,28,29,30)/b25-22-. The minimum atomic E-state index is -1.11. The van der Waals surface area contributed by atoms with Crippen molar-refractivity contribution < 1.29 is 9.53 Å². The van der Waals surface area contributed by atoms with Gasteiger partial charge in [-0.05, 0) is 40.5 Å². The van der Waals surface area contributed by atoms with E-state index < -0.39 is 5.54 Å². The van der Waals surface area contributed by atoms with Crippen LogP contribution in [0.15, 0.2) is 58.5 Å². The van der Waals surface area contributed by atoms with Gasteiger partial charge in [-0.3, -0.25) is 9.98 Å². The number of carbonyl (C=O) groups excluding carboxylic acids is 1. The summed E-state index contributed by atoms with van der Waals surface area (Å²) in [7, 11) is 0. The van der Waals surface area contributed by atoms with Crippen LogP contribution < -0.4 is 0 Å². The van der Waals surface area contributed by atoms with Gasteiger partial charge in [0, 0.05) is 18.5 Å². The Balaban J connectivity index is 1.63. The largest absolute Gasteiger partial charge is 0.464 e. The molecule has 0 spiro atoms. The highest BCUT2D eigenvalue weighted by molar-refractivity contribution is 8.25. The molecule has 0 bridgehead atoms. The number of carbonyl (C=O) groups is 1. The summed E-state index contributed by atoms with van der Waals surface area (Å²) >= 11 is 1.41. The SMILES string of the molecule is CCCC/N=C1\SC=NC1(Cc1ccc(-c2ccccc2-c2nnn[nH]2)cc1)C(=O)OCC. The maximum atomic E-state index is 13.0. The summed E-state index contributed by atoms with van der Waals surface area (Å²) in [4.78, 5) is 22.3. The molecule has 2 aromatic carbocycles. The van der Waals surface area contributed by atoms with Crippen LogP contribution in [0.25, 0.3) is 22.5 Å². The van der Waals surface area contributed by atoms with E-state index in [0.717, 1.165) is 35.1 Å². The molecule has 170 valence electrons. The molecule has 1 unspecified atom stereocenters. The molecule has 1 aromatic heterocycles. The normalized spacial score (nSPS) is 18.7. The van der Waals surface area contributed by atoms with Gasteiger partial charge in [0.15, 0.2) is 5.82 Å². The van der Waals surface area contributed by atoms with Gasteiger partial charge in [0.2, 0.25) is 5.54 Å². The summed E-state index contributed by atoms with van der Waals surface area (Å²) in [6.45, 7) is 4.90. The van der Waals surface area contributed by atoms with E-state index in [1.54, 1.807) is 5.55 Å². The van der Waals surface area contributed by atoms with Gasteiger partial charge in [-0.1, -0.05) is 73.6 Å². The van der Waals surface area contributed by atoms with Crippen LogP contribution in [0.1, 0.15) is 32.3 Å². The van der Waals surface area contributed by atoms with Gasteiger partial charge in [-0.15, -0.1) is 5.10 Å². The summed E-state index contributed by atoms with van der Waals surface area (Å²) in [5.74, 6) is 0.259. The number of benzene rings is 2. The van der Waals surface area contributed by atoms with Crippen LogP contribution in [-0.2, 0) is 16.0 Å². The molecule has 0 saturated heterocycles.